The number of aliphatic hydroxyl groups is 1. The van der Waals surface area contributed by atoms with Crippen molar-refractivity contribution in [3.05, 3.63) is 0 Å². The lowest BCUT2D eigenvalue weighted by Crippen LogP contribution is -2.23. The Hall–Kier alpha value is -0.450. The number of rotatable bonds is 9. The van der Waals surface area contributed by atoms with Gasteiger partial charge in [0.1, 0.15) is 12.4 Å². The summed E-state index contributed by atoms with van der Waals surface area (Å²) in [4.78, 5) is 9.96. The van der Waals surface area contributed by atoms with Gasteiger partial charge in [-0.15, -0.1) is 0 Å². The Bertz CT molecular complexity index is 116. The Kier molecular flexibility index (Phi) is 9.30. The van der Waals surface area contributed by atoms with Crippen LogP contribution in [0.15, 0.2) is 0 Å². The van der Waals surface area contributed by atoms with Crippen LogP contribution in [0.25, 0.3) is 0 Å². The van der Waals surface area contributed by atoms with E-state index in [2.05, 4.69) is 0 Å². The minimum atomic E-state index is -0.235. The zero-order valence-electron chi connectivity index (χ0n) is 8.07. The predicted molar refractivity (Wildman–Crippen MR) is 48.6 cm³/mol. The highest BCUT2D eigenvalue weighted by atomic mass is 16.5. The summed E-state index contributed by atoms with van der Waals surface area (Å²) in [5.74, 6) is 0. The lowest BCUT2D eigenvalue weighted by Gasteiger charge is -2.13. The summed E-state index contributed by atoms with van der Waals surface area (Å²) in [7, 11) is 1.57. The van der Waals surface area contributed by atoms with Crippen LogP contribution in [0, 0.1) is 0 Å². The van der Waals surface area contributed by atoms with Gasteiger partial charge in [0.25, 0.3) is 0 Å². The summed E-state index contributed by atoms with van der Waals surface area (Å²) >= 11 is 0. The lowest BCUT2D eigenvalue weighted by molar-refractivity contribution is -0.108. The van der Waals surface area contributed by atoms with Crippen molar-refractivity contribution in [1.29, 1.82) is 0 Å². The van der Waals surface area contributed by atoms with Crippen LogP contribution in [0.2, 0.25) is 0 Å². The van der Waals surface area contributed by atoms with Crippen molar-refractivity contribution >= 4 is 6.29 Å². The smallest absolute Gasteiger partial charge is 0.119 e. The van der Waals surface area contributed by atoms with Crippen molar-refractivity contribution < 1.29 is 19.4 Å². The predicted octanol–water partition coefficient (Wildman–Crippen LogP) is 0.379. The number of ether oxygens (including phenoxy) is 2. The molecule has 0 aromatic heterocycles. The molecular formula is C9H18O4. The first-order valence-electron chi connectivity index (χ1n) is 4.50. The zero-order valence-corrected chi connectivity index (χ0v) is 8.07. The van der Waals surface area contributed by atoms with E-state index in [1.165, 1.54) is 0 Å². The Morgan fingerprint density at radius 3 is 2.77 bits per heavy atom. The average molecular weight is 190 g/mol. The Labute approximate surface area is 78.8 Å². The van der Waals surface area contributed by atoms with Gasteiger partial charge < -0.3 is 19.4 Å². The SMILES string of the molecule is COCC(CO)OCCCCC=O. The van der Waals surface area contributed by atoms with E-state index in [9.17, 15) is 4.79 Å². The van der Waals surface area contributed by atoms with Crippen LogP contribution in [-0.2, 0) is 14.3 Å². The summed E-state index contributed by atoms with van der Waals surface area (Å²) in [5, 5.41) is 8.80. The lowest BCUT2D eigenvalue weighted by atomic mass is 10.2. The number of methoxy groups -OCH3 is 1. The molecule has 4 heteroatoms. The van der Waals surface area contributed by atoms with E-state index >= 15 is 0 Å². The minimum Gasteiger partial charge on any atom is -0.394 e. The second kappa shape index (κ2) is 9.64. The molecule has 0 rings (SSSR count). The maximum absolute atomic E-state index is 9.96. The normalized spacial score (nSPS) is 12.8. The van der Waals surface area contributed by atoms with Crippen molar-refractivity contribution in [3.8, 4) is 0 Å². The van der Waals surface area contributed by atoms with E-state index in [0.717, 1.165) is 19.1 Å². The molecule has 0 aromatic carbocycles. The fourth-order valence-corrected chi connectivity index (χ4v) is 0.919. The fourth-order valence-electron chi connectivity index (χ4n) is 0.919. The first-order chi connectivity index (χ1) is 6.35. The van der Waals surface area contributed by atoms with Gasteiger partial charge >= 0.3 is 0 Å². The van der Waals surface area contributed by atoms with Crippen LogP contribution >= 0.6 is 0 Å². The van der Waals surface area contributed by atoms with Crippen molar-refractivity contribution in [2.45, 2.75) is 25.4 Å². The molecule has 0 aliphatic carbocycles. The van der Waals surface area contributed by atoms with Crippen LogP contribution in [-0.4, -0.2) is 44.4 Å². The van der Waals surface area contributed by atoms with Gasteiger partial charge in [-0.25, -0.2) is 0 Å². The van der Waals surface area contributed by atoms with E-state index in [0.29, 0.717) is 19.6 Å². The molecule has 0 saturated carbocycles. The summed E-state index contributed by atoms with van der Waals surface area (Å²) in [6, 6.07) is 0. The van der Waals surface area contributed by atoms with Crippen LogP contribution in [0.5, 0.6) is 0 Å². The quantitative estimate of drug-likeness (QED) is 0.422. The Balaban J connectivity index is 3.22. The van der Waals surface area contributed by atoms with Gasteiger partial charge in [0.15, 0.2) is 0 Å². The molecule has 0 saturated heterocycles. The summed E-state index contributed by atoms with van der Waals surface area (Å²) in [5.41, 5.74) is 0. The van der Waals surface area contributed by atoms with Crippen molar-refractivity contribution in [2.24, 2.45) is 0 Å². The van der Waals surface area contributed by atoms with Crippen molar-refractivity contribution in [3.63, 3.8) is 0 Å². The molecule has 1 unspecified atom stereocenters. The van der Waals surface area contributed by atoms with Gasteiger partial charge in [-0.2, -0.15) is 0 Å². The monoisotopic (exact) mass is 190 g/mol. The molecule has 78 valence electrons. The van der Waals surface area contributed by atoms with Crippen LogP contribution < -0.4 is 0 Å². The highest BCUT2D eigenvalue weighted by Gasteiger charge is 2.05. The van der Waals surface area contributed by atoms with E-state index in [4.69, 9.17) is 14.6 Å². The first kappa shape index (κ1) is 12.6. The van der Waals surface area contributed by atoms with Gasteiger partial charge in [-0.1, -0.05) is 0 Å². The van der Waals surface area contributed by atoms with E-state index < -0.39 is 0 Å². The number of hydrogen-bond acceptors (Lipinski definition) is 4. The van der Waals surface area contributed by atoms with Crippen molar-refractivity contribution in [2.75, 3.05) is 26.9 Å². The summed E-state index contributed by atoms with van der Waals surface area (Å²) in [6.07, 6.45) is 2.94. The number of carbonyl (C=O) groups excluding carboxylic acids is 1. The molecule has 4 nitrogen and oxygen atoms in total. The van der Waals surface area contributed by atoms with Crippen LogP contribution in [0.3, 0.4) is 0 Å². The molecule has 0 radical (unpaired) electrons. The van der Waals surface area contributed by atoms with Crippen molar-refractivity contribution in [1.82, 2.24) is 0 Å². The molecular weight excluding hydrogens is 172 g/mol. The largest absolute Gasteiger partial charge is 0.394 e. The maximum atomic E-state index is 9.96. The third-order valence-corrected chi connectivity index (χ3v) is 1.63. The summed E-state index contributed by atoms with van der Waals surface area (Å²) < 4.78 is 10.1. The highest BCUT2D eigenvalue weighted by molar-refractivity contribution is 5.48. The number of aliphatic hydroxyl groups excluding tert-OH is 1. The number of aldehydes is 1. The minimum absolute atomic E-state index is 0.0263. The number of carbonyl (C=O) groups is 1. The van der Waals surface area contributed by atoms with E-state index in [1.807, 2.05) is 0 Å². The third kappa shape index (κ3) is 7.90. The zero-order chi connectivity index (χ0) is 9.94. The second-order valence-electron chi connectivity index (χ2n) is 2.79. The van der Waals surface area contributed by atoms with Gasteiger partial charge in [0.2, 0.25) is 0 Å². The van der Waals surface area contributed by atoms with Crippen LogP contribution in [0.1, 0.15) is 19.3 Å². The molecule has 0 aliphatic rings. The standard InChI is InChI=1S/C9H18O4/c1-12-8-9(7-11)13-6-4-2-3-5-10/h5,9,11H,2-4,6-8H2,1H3. The molecule has 0 aliphatic heterocycles. The Morgan fingerprint density at radius 1 is 1.46 bits per heavy atom. The van der Waals surface area contributed by atoms with Gasteiger partial charge in [-0.3, -0.25) is 0 Å². The molecule has 0 amide bonds. The molecule has 0 fully saturated rings. The molecule has 1 atom stereocenters. The topological polar surface area (TPSA) is 55.8 Å². The molecule has 0 bridgehead atoms. The second-order valence-corrected chi connectivity index (χ2v) is 2.79. The number of hydrogen-bond donors (Lipinski definition) is 1. The average Bonchev–Trinajstić information content (AvgIpc) is 2.16. The van der Waals surface area contributed by atoms with Gasteiger partial charge in [-0.05, 0) is 12.8 Å². The molecule has 0 spiro atoms. The van der Waals surface area contributed by atoms with Crippen LogP contribution in [0.4, 0.5) is 0 Å². The molecule has 0 heterocycles. The highest BCUT2D eigenvalue weighted by Crippen LogP contribution is 1.97. The van der Waals surface area contributed by atoms with E-state index in [1.54, 1.807) is 7.11 Å². The molecule has 0 aromatic rings. The van der Waals surface area contributed by atoms with Gasteiger partial charge in [0, 0.05) is 20.1 Å². The molecule has 13 heavy (non-hydrogen) atoms. The summed E-state index contributed by atoms with van der Waals surface area (Å²) in [6.45, 7) is 0.953. The third-order valence-electron chi connectivity index (χ3n) is 1.63. The maximum Gasteiger partial charge on any atom is 0.119 e. The molecule has 1 N–H and O–H groups in total. The first-order valence-corrected chi connectivity index (χ1v) is 4.50. The number of unbranched alkanes of at least 4 members (excludes halogenated alkanes) is 2. The van der Waals surface area contributed by atoms with E-state index in [-0.39, 0.29) is 12.7 Å². The van der Waals surface area contributed by atoms with Gasteiger partial charge in [0.05, 0.1) is 13.2 Å². The fraction of sp³-hybridized carbons (Fsp3) is 0.889. The Morgan fingerprint density at radius 2 is 2.23 bits per heavy atom.